The molecule has 174 valence electrons. The van der Waals surface area contributed by atoms with E-state index in [1.54, 1.807) is 0 Å². The average molecular weight is 485 g/mol. The molecule has 2 N–H and O–H groups in total. The first-order chi connectivity index (χ1) is 16.0. The molecule has 3 unspecified atom stereocenters. The predicted molar refractivity (Wildman–Crippen MR) is 130 cm³/mol. The van der Waals surface area contributed by atoms with Crippen LogP contribution in [0.2, 0.25) is 5.02 Å². The molecule has 0 amide bonds. The smallest absolute Gasteiger partial charge is 0.227 e. The third kappa shape index (κ3) is 3.11. The van der Waals surface area contributed by atoms with Gasteiger partial charge in [0.15, 0.2) is 0 Å². The molecule has 2 aliphatic heterocycles. The van der Waals surface area contributed by atoms with Crippen LogP contribution in [0.1, 0.15) is 62.1 Å². The molecule has 0 radical (unpaired) electrons. The highest BCUT2D eigenvalue weighted by atomic mass is 35.5. The standard InChI is InChI=1S/C25H29ClN4O2S/c26-17-4-2-15(3-5-17)19-11-18-10-16(19)12-30(18)23-27-21-20(33(32)14-24(21)8-9-24)22(28-23)29-25(13-31)6-1-7-25/h2-5,16,18-19,31H,1,6-14H2,(H,27,28,29)/t16?,18?,19?,33-/m1/s1. The minimum Gasteiger partial charge on any atom is -0.394 e. The molecule has 1 aromatic heterocycles. The van der Waals surface area contributed by atoms with Crippen molar-refractivity contribution in [2.75, 3.05) is 29.1 Å². The van der Waals surface area contributed by atoms with E-state index in [-0.39, 0.29) is 17.6 Å². The second-order valence-corrected chi connectivity index (χ2v) is 12.8. The Balaban J connectivity index is 1.22. The number of aromatic nitrogens is 2. The number of halogens is 1. The molecule has 1 saturated heterocycles. The normalized spacial score (nSPS) is 32.1. The molecular weight excluding hydrogens is 456 g/mol. The van der Waals surface area contributed by atoms with E-state index in [1.807, 2.05) is 12.1 Å². The van der Waals surface area contributed by atoms with E-state index >= 15 is 0 Å². The summed E-state index contributed by atoms with van der Waals surface area (Å²) in [6.45, 7) is 1.04. The third-order valence-corrected chi connectivity index (χ3v) is 10.8. The molecule has 8 heteroatoms. The molecule has 1 spiro atoms. The molecule has 5 aliphatic rings. The van der Waals surface area contributed by atoms with Crippen LogP contribution in [0.25, 0.3) is 0 Å². The first kappa shape index (κ1) is 20.7. The zero-order chi connectivity index (χ0) is 22.4. The van der Waals surface area contributed by atoms with Crippen LogP contribution in [0.5, 0.6) is 0 Å². The monoisotopic (exact) mass is 484 g/mol. The Morgan fingerprint density at radius 2 is 1.94 bits per heavy atom. The second-order valence-electron chi connectivity index (χ2n) is 10.9. The molecule has 3 heterocycles. The molecule has 4 atom stereocenters. The molecule has 3 saturated carbocycles. The number of benzene rings is 1. The van der Waals surface area contributed by atoms with Gasteiger partial charge in [-0.2, -0.15) is 4.98 Å². The maximum Gasteiger partial charge on any atom is 0.227 e. The summed E-state index contributed by atoms with van der Waals surface area (Å²) in [7, 11) is -1.07. The van der Waals surface area contributed by atoms with Gasteiger partial charge in [0.25, 0.3) is 0 Å². The maximum atomic E-state index is 13.1. The first-order valence-corrected chi connectivity index (χ1v) is 13.9. The maximum absolute atomic E-state index is 13.1. The third-order valence-electron chi connectivity index (χ3n) is 8.94. The Morgan fingerprint density at radius 1 is 1.15 bits per heavy atom. The fraction of sp³-hybridized carbons (Fsp3) is 0.600. The van der Waals surface area contributed by atoms with E-state index in [0.29, 0.717) is 29.4 Å². The largest absolute Gasteiger partial charge is 0.394 e. The van der Waals surface area contributed by atoms with E-state index in [4.69, 9.17) is 21.6 Å². The number of fused-ring (bicyclic) bond motifs is 4. The van der Waals surface area contributed by atoms with E-state index in [0.717, 1.165) is 73.1 Å². The van der Waals surface area contributed by atoms with Crippen molar-refractivity contribution in [3.05, 3.63) is 40.5 Å². The molecule has 3 aliphatic carbocycles. The number of hydrogen-bond acceptors (Lipinski definition) is 6. The number of hydrogen-bond donors (Lipinski definition) is 2. The summed E-state index contributed by atoms with van der Waals surface area (Å²) in [6, 6.07) is 8.76. The van der Waals surface area contributed by atoms with Gasteiger partial charge in [0.1, 0.15) is 10.7 Å². The lowest BCUT2D eigenvalue weighted by molar-refractivity contribution is 0.143. The lowest BCUT2D eigenvalue weighted by atomic mass is 9.77. The highest BCUT2D eigenvalue weighted by Gasteiger charge is 2.56. The lowest BCUT2D eigenvalue weighted by Gasteiger charge is -2.42. The summed E-state index contributed by atoms with van der Waals surface area (Å²) in [4.78, 5) is 13.3. The fourth-order valence-electron chi connectivity index (χ4n) is 6.64. The Morgan fingerprint density at radius 3 is 2.55 bits per heavy atom. The average Bonchev–Trinajstić information content (AvgIpc) is 3.14. The molecule has 7 rings (SSSR count). The minimum atomic E-state index is -1.07. The van der Waals surface area contributed by atoms with Crippen LogP contribution in [0, 0.1) is 5.92 Å². The second kappa shape index (κ2) is 7.15. The Kier molecular flexibility index (Phi) is 4.48. The molecule has 4 fully saturated rings. The van der Waals surface area contributed by atoms with Gasteiger partial charge in [-0.05, 0) is 74.5 Å². The van der Waals surface area contributed by atoms with Crippen molar-refractivity contribution >= 4 is 34.2 Å². The number of piperidine rings is 1. The lowest BCUT2D eigenvalue weighted by Crippen LogP contribution is -2.49. The highest BCUT2D eigenvalue weighted by molar-refractivity contribution is 7.85. The van der Waals surface area contributed by atoms with Gasteiger partial charge in [-0.3, -0.25) is 4.21 Å². The summed E-state index contributed by atoms with van der Waals surface area (Å²) >= 11 is 6.10. The first-order valence-electron chi connectivity index (χ1n) is 12.2. The van der Waals surface area contributed by atoms with Gasteiger partial charge < -0.3 is 15.3 Å². The van der Waals surface area contributed by atoms with Crippen molar-refractivity contribution < 1.29 is 9.32 Å². The molecule has 2 aromatic rings. The summed E-state index contributed by atoms with van der Waals surface area (Å²) in [5.74, 6) is 3.32. The summed E-state index contributed by atoms with van der Waals surface area (Å²) in [5.41, 5.74) is 2.06. The predicted octanol–water partition coefficient (Wildman–Crippen LogP) is 3.99. The molecule has 2 bridgehead atoms. The van der Waals surface area contributed by atoms with E-state index < -0.39 is 10.8 Å². The van der Waals surface area contributed by atoms with E-state index in [1.165, 1.54) is 5.56 Å². The Bertz CT molecular complexity index is 1140. The SMILES string of the molecule is O=[S@@]1CC2(CC2)c2nc(N3CC4CC3CC4c3ccc(Cl)cc3)nc(NC3(CO)CCC3)c21. The Hall–Kier alpha value is -1.70. The van der Waals surface area contributed by atoms with Crippen LogP contribution in [0.3, 0.4) is 0 Å². The number of aliphatic hydroxyl groups excluding tert-OH is 1. The van der Waals surface area contributed by atoms with Crippen LogP contribution in [-0.2, 0) is 16.2 Å². The topological polar surface area (TPSA) is 78.4 Å². The van der Waals surface area contributed by atoms with Crippen LogP contribution in [0.4, 0.5) is 11.8 Å². The number of aliphatic hydroxyl groups is 1. The van der Waals surface area contributed by atoms with Gasteiger partial charge in [-0.25, -0.2) is 4.98 Å². The summed E-state index contributed by atoms with van der Waals surface area (Å²) in [6.07, 6.45) is 7.35. The van der Waals surface area contributed by atoms with Gasteiger partial charge in [0.05, 0.1) is 28.6 Å². The van der Waals surface area contributed by atoms with Crippen molar-refractivity contribution in [2.45, 2.75) is 72.8 Å². The number of nitrogens with one attached hydrogen (secondary N) is 1. The van der Waals surface area contributed by atoms with Crippen molar-refractivity contribution in [1.29, 1.82) is 0 Å². The zero-order valence-electron chi connectivity index (χ0n) is 18.6. The van der Waals surface area contributed by atoms with E-state index in [2.05, 4.69) is 22.3 Å². The summed E-state index contributed by atoms with van der Waals surface area (Å²) < 4.78 is 13.1. The van der Waals surface area contributed by atoms with Gasteiger partial charge in [0.2, 0.25) is 5.95 Å². The number of nitrogens with zero attached hydrogens (tertiary/aromatic N) is 3. The molecule has 33 heavy (non-hydrogen) atoms. The van der Waals surface area contributed by atoms with Crippen molar-refractivity contribution in [2.24, 2.45) is 5.92 Å². The quantitative estimate of drug-likeness (QED) is 0.668. The minimum absolute atomic E-state index is 0.00904. The van der Waals surface area contributed by atoms with Crippen LogP contribution < -0.4 is 10.2 Å². The molecular formula is C25H29ClN4O2S. The Labute approximate surface area is 201 Å². The van der Waals surface area contributed by atoms with Gasteiger partial charge >= 0.3 is 0 Å². The molecule has 6 nitrogen and oxygen atoms in total. The number of rotatable bonds is 5. The zero-order valence-corrected chi connectivity index (χ0v) is 20.2. The van der Waals surface area contributed by atoms with Gasteiger partial charge in [-0.15, -0.1) is 0 Å². The fourth-order valence-corrected chi connectivity index (χ4v) is 8.63. The van der Waals surface area contributed by atoms with Crippen molar-refractivity contribution in [3.8, 4) is 0 Å². The van der Waals surface area contributed by atoms with Gasteiger partial charge in [-0.1, -0.05) is 23.7 Å². The van der Waals surface area contributed by atoms with Crippen LogP contribution in [-0.4, -0.2) is 49.8 Å². The van der Waals surface area contributed by atoms with E-state index in [9.17, 15) is 9.32 Å². The number of anilines is 2. The van der Waals surface area contributed by atoms with Crippen LogP contribution >= 0.6 is 11.6 Å². The van der Waals surface area contributed by atoms with Crippen molar-refractivity contribution in [3.63, 3.8) is 0 Å². The highest BCUT2D eigenvalue weighted by Crippen LogP contribution is 2.57. The molecule has 1 aromatic carbocycles. The van der Waals surface area contributed by atoms with Gasteiger partial charge in [0, 0.05) is 28.8 Å². The summed E-state index contributed by atoms with van der Waals surface area (Å²) in [5, 5.41) is 14.4. The van der Waals surface area contributed by atoms with Crippen molar-refractivity contribution in [1.82, 2.24) is 9.97 Å². The van der Waals surface area contributed by atoms with Crippen LogP contribution in [0.15, 0.2) is 29.2 Å².